The summed E-state index contributed by atoms with van der Waals surface area (Å²) in [5, 5.41) is 2.88. The number of amides is 1. The van der Waals surface area contributed by atoms with Gasteiger partial charge in [0.2, 0.25) is 5.91 Å². The first-order chi connectivity index (χ1) is 9.65. The zero-order valence-corrected chi connectivity index (χ0v) is 13.6. The van der Waals surface area contributed by atoms with Crippen molar-refractivity contribution in [1.29, 1.82) is 0 Å². The van der Waals surface area contributed by atoms with E-state index in [1.54, 1.807) is 12.1 Å². The van der Waals surface area contributed by atoms with Gasteiger partial charge in [0.1, 0.15) is 5.82 Å². The third-order valence-corrected chi connectivity index (χ3v) is 4.51. The Morgan fingerprint density at radius 2 is 1.85 bits per heavy atom. The molecule has 0 fully saturated rings. The predicted molar refractivity (Wildman–Crippen MR) is 90.4 cm³/mol. The summed E-state index contributed by atoms with van der Waals surface area (Å²) in [5.74, 6) is 0.804. The Hall–Kier alpha value is -1.08. The van der Waals surface area contributed by atoms with E-state index in [-0.39, 0.29) is 11.7 Å². The van der Waals surface area contributed by atoms with Gasteiger partial charge in [-0.05, 0) is 52.4 Å². The first kappa shape index (κ1) is 15.3. The molecule has 1 N–H and O–H groups in total. The lowest BCUT2D eigenvalue weighted by atomic mass is 10.2. The highest BCUT2D eigenvalue weighted by Gasteiger charge is 2.05. The van der Waals surface area contributed by atoms with Crippen molar-refractivity contribution in [3.63, 3.8) is 0 Å². The minimum absolute atomic E-state index is 0.0266. The quantitative estimate of drug-likeness (QED) is 0.757. The Balaban J connectivity index is 1.78. The van der Waals surface area contributed by atoms with Crippen molar-refractivity contribution in [1.82, 2.24) is 0 Å². The van der Waals surface area contributed by atoms with Crippen molar-refractivity contribution in [2.75, 3.05) is 11.1 Å². The SMILES string of the molecule is O=C(CSCc1ccc(F)cc1)Nc1ccccc1I. The lowest BCUT2D eigenvalue weighted by molar-refractivity contribution is -0.113. The Bertz CT molecular complexity index is 589. The Morgan fingerprint density at radius 1 is 1.15 bits per heavy atom. The van der Waals surface area contributed by atoms with Gasteiger partial charge in [-0.15, -0.1) is 11.8 Å². The van der Waals surface area contributed by atoms with Crippen LogP contribution in [0.15, 0.2) is 48.5 Å². The monoisotopic (exact) mass is 401 g/mol. The van der Waals surface area contributed by atoms with Gasteiger partial charge >= 0.3 is 0 Å². The molecule has 0 heterocycles. The lowest BCUT2D eigenvalue weighted by Crippen LogP contribution is -2.14. The van der Waals surface area contributed by atoms with E-state index < -0.39 is 0 Å². The van der Waals surface area contributed by atoms with Gasteiger partial charge in [0, 0.05) is 9.32 Å². The highest BCUT2D eigenvalue weighted by Crippen LogP contribution is 2.18. The predicted octanol–water partition coefficient (Wildman–Crippen LogP) is 4.30. The molecule has 0 bridgehead atoms. The van der Waals surface area contributed by atoms with Gasteiger partial charge in [-0.1, -0.05) is 24.3 Å². The molecule has 0 unspecified atom stereocenters. The summed E-state index contributed by atoms with van der Waals surface area (Å²) in [7, 11) is 0. The number of rotatable bonds is 5. The molecule has 0 aromatic heterocycles. The normalized spacial score (nSPS) is 10.3. The third kappa shape index (κ3) is 4.79. The average molecular weight is 401 g/mol. The molecule has 20 heavy (non-hydrogen) atoms. The molecular formula is C15H13FINOS. The second-order valence-electron chi connectivity index (χ2n) is 4.15. The van der Waals surface area contributed by atoms with E-state index in [0.717, 1.165) is 14.8 Å². The summed E-state index contributed by atoms with van der Waals surface area (Å²) in [6.45, 7) is 0. The molecule has 0 atom stereocenters. The van der Waals surface area contributed by atoms with Crippen LogP contribution in [-0.4, -0.2) is 11.7 Å². The second-order valence-corrected chi connectivity index (χ2v) is 6.30. The lowest BCUT2D eigenvalue weighted by Gasteiger charge is -2.07. The number of hydrogen-bond acceptors (Lipinski definition) is 2. The molecule has 0 radical (unpaired) electrons. The minimum atomic E-state index is -0.241. The van der Waals surface area contributed by atoms with Crippen molar-refractivity contribution < 1.29 is 9.18 Å². The van der Waals surface area contributed by atoms with Crippen molar-refractivity contribution in [2.24, 2.45) is 0 Å². The van der Waals surface area contributed by atoms with E-state index in [1.165, 1.54) is 23.9 Å². The largest absolute Gasteiger partial charge is 0.324 e. The molecule has 0 saturated carbocycles. The molecule has 0 aliphatic rings. The fourth-order valence-electron chi connectivity index (χ4n) is 1.59. The van der Waals surface area contributed by atoms with Crippen molar-refractivity contribution in [3.8, 4) is 0 Å². The topological polar surface area (TPSA) is 29.1 Å². The van der Waals surface area contributed by atoms with Crippen molar-refractivity contribution >= 4 is 45.9 Å². The fourth-order valence-corrected chi connectivity index (χ4v) is 2.90. The number of anilines is 1. The minimum Gasteiger partial charge on any atom is -0.324 e. The third-order valence-electron chi connectivity index (χ3n) is 2.56. The zero-order valence-electron chi connectivity index (χ0n) is 10.6. The van der Waals surface area contributed by atoms with Gasteiger partial charge in [-0.25, -0.2) is 4.39 Å². The maximum Gasteiger partial charge on any atom is 0.234 e. The summed E-state index contributed by atoms with van der Waals surface area (Å²) >= 11 is 3.70. The number of para-hydroxylation sites is 1. The van der Waals surface area contributed by atoms with Gasteiger partial charge < -0.3 is 5.32 Å². The van der Waals surface area contributed by atoms with Crippen LogP contribution in [-0.2, 0) is 10.5 Å². The summed E-state index contributed by atoms with van der Waals surface area (Å²) in [6, 6.07) is 14.0. The number of carbonyl (C=O) groups excluding carboxylic acids is 1. The molecule has 1 amide bonds. The molecule has 2 rings (SSSR count). The number of benzene rings is 2. The standard InChI is InChI=1S/C15H13FINOS/c16-12-7-5-11(6-8-12)9-20-10-15(19)18-14-4-2-1-3-13(14)17/h1-8H,9-10H2,(H,18,19). The van der Waals surface area contributed by atoms with Crippen LogP contribution >= 0.6 is 34.4 Å². The maximum absolute atomic E-state index is 12.7. The Labute approximate surface area is 135 Å². The molecule has 2 aromatic carbocycles. The van der Waals surface area contributed by atoms with Crippen molar-refractivity contribution in [3.05, 3.63) is 63.5 Å². The van der Waals surface area contributed by atoms with E-state index in [4.69, 9.17) is 0 Å². The van der Waals surface area contributed by atoms with Gasteiger partial charge in [0.25, 0.3) is 0 Å². The Morgan fingerprint density at radius 3 is 2.55 bits per heavy atom. The summed E-state index contributed by atoms with van der Waals surface area (Å²) in [5.41, 5.74) is 1.85. The molecule has 0 saturated heterocycles. The van der Waals surface area contributed by atoms with Crippen molar-refractivity contribution in [2.45, 2.75) is 5.75 Å². The number of halogens is 2. The molecule has 2 aromatic rings. The van der Waals surface area contributed by atoms with Crippen LogP contribution in [0.4, 0.5) is 10.1 Å². The number of nitrogens with one attached hydrogen (secondary N) is 1. The molecule has 104 valence electrons. The van der Waals surface area contributed by atoms with E-state index in [1.807, 2.05) is 24.3 Å². The van der Waals surface area contributed by atoms with Crippen LogP contribution in [0.1, 0.15) is 5.56 Å². The van der Waals surface area contributed by atoms with Crippen LogP contribution in [0, 0.1) is 9.39 Å². The summed E-state index contributed by atoms with van der Waals surface area (Å²) in [6.07, 6.45) is 0. The second kappa shape index (κ2) is 7.64. The van der Waals surface area contributed by atoms with Crippen LogP contribution in [0.25, 0.3) is 0 Å². The van der Waals surface area contributed by atoms with Gasteiger partial charge in [-0.2, -0.15) is 0 Å². The summed E-state index contributed by atoms with van der Waals surface area (Å²) in [4.78, 5) is 11.8. The number of hydrogen-bond donors (Lipinski definition) is 1. The average Bonchev–Trinajstić information content (AvgIpc) is 2.44. The van der Waals surface area contributed by atoms with Crippen LogP contribution in [0.3, 0.4) is 0 Å². The van der Waals surface area contributed by atoms with Gasteiger partial charge in [0.15, 0.2) is 0 Å². The highest BCUT2D eigenvalue weighted by molar-refractivity contribution is 14.1. The zero-order chi connectivity index (χ0) is 14.4. The van der Waals surface area contributed by atoms with Gasteiger partial charge in [-0.3, -0.25) is 4.79 Å². The van der Waals surface area contributed by atoms with E-state index in [2.05, 4.69) is 27.9 Å². The summed E-state index contributed by atoms with van der Waals surface area (Å²) < 4.78 is 13.8. The first-order valence-corrected chi connectivity index (χ1v) is 8.25. The van der Waals surface area contributed by atoms with Gasteiger partial charge in [0.05, 0.1) is 11.4 Å². The van der Waals surface area contributed by atoms with Crippen LogP contribution in [0.2, 0.25) is 0 Å². The molecule has 5 heteroatoms. The Kier molecular flexibility index (Phi) is 5.85. The molecule has 0 spiro atoms. The fraction of sp³-hybridized carbons (Fsp3) is 0.133. The van der Waals surface area contributed by atoms with E-state index >= 15 is 0 Å². The smallest absolute Gasteiger partial charge is 0.234 e. The first-order valence-electron chi connectivity index (χ1n) is 6.02. The highest BCUT2D eigenvalue weighted by atomic mass is 127. The molecule has 0 aliphatic carbocycles. The maximum atomic E-state index is 12.7. The van der Waals surface area contributed by atoms with E-state index in [0.29, 0.717) is 11.5 Å². The molecular weight excluding hydrogens is 388 g/mol. The number of thioether (sulfide) groups is 1. The van der Waals surface area contributed by atoms with Crippen LogP contribution < -0.4 is 5.32 Å². The number of carbonyl (C=O) groups is 1. The molecule has 2 nitrogen and oxygen atoms in total. The molecule has 0 aliphatic heterocycles. The van der Waals surface area contributed by atoms with Crippen LogP contribution in [0.5, 0.6) is 0 Å². The van der Waals surface area contributed by atoms with E-state index in [9.17, 15) is 9.18 Å².